The van der Waals surface area contributed by atoms with E-state index in [1.165, 1.54) is 23.9 Å². The largest absolute Gasteiger partial charge is 0.341 e. The Morgan fingerprint density at radius 2 is 2.00 bits per heavy atom. The summed E-state index contributed by atoms with van der Waals surface area (Å²) in [6, 6.07) is 14.0. The first-order valence-electron chi connectivity index (χ1n) is 7.99. The number of thioether (sulfide) groups is 1. The molecule has 0 aliphatic carbocycles. The molecule has 0 N–H and O–H groups in total. The molecule has 3 rings (SSSR count). The van der Waals surface area contributed by atoms with Crippen LogP contribution < -0.4 is 0 Å². The van der Waals surface area contributed by atoms with Crippen molar-refractivity contribution in [1.29, 1.82) is 0 Å². The fourth-order valence-corrected chi connectivity index (χ4v) is 3.18. The highest BCUT2D eigenvalue weighted by molar-refractivity contribution is 7.99. The van der Waals surface area contributed by atoms with Gasteiger partial charge in [-0.3, -0.25) is 4.79 Å². The van der Waals surface area contributed by atoms with E-state index in [2.05, 4.69) is 15.5 Å². The average molecular weight is 371 g/mol. The van der Waals surface area contributed by atoms with E-state index in [-0.39, 0.29) is 17.5 Å². The number of rotatable bonds is 6. The molecule has 3 aromatic rings. The predicted octanol–water partition coefficient (Wildman–Crippen LogP) is 2.86. The van der Waals surface area contributed by atoms with Crippen molar-refractivity contribution in [3.8, 4) is 5.69 Å². The molecule has 134 valence electrons. The molecule has 26 heavy (non-hydrogen) atoms. The van der Waals surface area contributed by atoms with Crippen molar-refractivity contribution < 1.29 is 9.18 Å². The summed E-state index contributed by atoms with van der Waals surface area (Å²) in [5.74, 6) is -0.203. The summed E-state index contributed by atoms with van der Waals surface area (Å²) in [5.41, 5.74) is 2.73. The van der Waals surface area contributed by atoms with Gasteiger partial charge in [-0.1, -0.05) is 41.6 Å². The summed E-state index contributed by atoms with van der Waals surface area (Å²) in [6.45, 7) is 2.35. The first-order valence-corrected chi connectivity index (χ1v) is 8.98. The van der Waals surface area contributed by atoms with Gasteiger partial charge in [0.25, 0.3) is 0 Å². The minimum Gasteiger partial charge on any atom is -0.341 e. The van der Waals surface area contributed by atoms with Crippen LogP contribution in [-0.4, -0.2) is 43.8 Å². The predicted molar refractivity (Wildman–Crippen MR) is 97.5 cm³/mol. The molecule has 2 aromatic carbocycles. The minimum absolute atomic E-state index is 0.0854. The lowest BCUT2D eigenvalue weighted by molar-refractivity contribution is -0.127. The van der Waals surface area contributed by atoms with E-state index < -0.39 is 0 Å². The van der Waals surface area contributed by atoms with Gasteiger partial charge in [0.05, 0.1) is 11.4 Å². The van der Waals surface area contributed by atoms with E-state index in [0.717, 1.165) is 16.8 Å². The van der Waals surface area contributed by atoms with Gasteiger partial charge in [-0.2, -0.15) is 4.68 Å². The molecule has 1 aromatic heterocycles. The van der Waals surface area contributed by atoms with E-state index in [1.54, 1.807) is 28.8 Å². The maximum Gasteiger partial charge on any atom is 0.233 e. The fourth-order valence-electron chi connectivity index (χ4n) is 2.35. The zero-order valence-corrected chi connectivity index (χ0v) is 15.3. The number of carbonyl (C=O) groups is 1. The lowest BCUT2D eigenvalue weighted by Gasteiger charge is -2.17. The quantitative estimate of drug-likeness (QED) is 0.624. The van der Waals surface area contributed by atoms with E-state index in [1.807, 2.05) is 31.2 Å². The third kappa shape index (κ3) is 4.45. The molecular formula is C18H18FN5OS. The monoisotopic (exact) mass is 371 g/mol. The third-order valence-electron chi connectivity index (χ3n) is 3.78. The van der Waals surface area contributed by atoms with Gasteiger partial charge < -0.3 is 4.90 Å². The molecule has 0 bridgehead atoms. The normalized spacial score (nSPS) is 10.7. The van der Waals surface area contributed by atoms with Crippen LogP contribution in [0.25, 0.3) is 5.69 Å². The first kappa shape index (κ1) is 18.1. The zero-order valence-electron chi connectivity index (χ0n) is 14.5. The minimum atomic E-state index is -0.310. The lowest BCUT2D eigenvalue weighted by Crippen LogP contribution is -2.28. The highest BCUT2D eigenvalue weighted by Gasteiger charge is 2.14. The molecule has 0 spiro atoms. The van der Waals surface area contributed by atoms with Crippen molar-refractivity contribution in [2.24, 2.45) is 0 Å². The van der Waals surface area contributed by atoms with Crippen LogP contribution in [0, 0.1) is 12.7 Å². The molecule has 0 unspecified atom stereocenters. The van der Waals surface area contributed by atoms with Gasteiger partial charge in [0.15, 0.2) is 0 Å². The number of hydrogen-bond acceptors (Lipinski definition) is 5. The van der Waals surface area contributed by atoms with Gasteiger partial charge in [-0.15, -0.1) is 5.10 Å². The molecule has 6 nitrogen and oxygen atoms in total. The molecule has 1 heterocycles. The zero-order chi connectivity index (χ0) is 18.5. The topological polar surface area (TPSA) is 63.9 Å². The summed E-state index contributed by atoms with van der Waals surface area (Å²) in [4.78, 5) is 13.9. The van der Waals surface area contributed by atoms with E-state index in [0.29, 0.717) is 11.7 Å². The second kappa shape index (κ2) is 8.09. The third-order valence-corrected chi connectivity index (χ3v) is 4.68. The highest BCUT2D eigenvalue weighted by atomic mass is 32.2. The SMILES string of the molecule is Cc1ccc(-n2nnnc2SCC(=O)N(C)Cc2cccc(F)c2)cc1. The Morgan fingerprint density at radius 1 is 1.23 bits per heavy atom. The Bertz CT molecular complexity index is 897. The molecule has 0 aliphatic heterocycles. The number of carbonyl (C=O) groups excluding carboxylic acids is 1. The van der Waals surface area contributed by atoms with Crippen molar-refractivity contribution in [2.75, 3.05) is 12.8 Å². The summed E-state index contributed by atoms with van der Waals surface area (Å²) in [7, 11) is 1.69. The summed E-state index contributed by atoms with van der Waals surface area (Å²) in [6.07, 6.45) is 0. The number of aryl methyl sites for hydroxylation is 1. The fraction of sp³-hybridized carbons (Fsp3) is 0.222. The molecule has 0 saturated heterocycles. The van der Waals surface area contributed by atoms with E-state index >= 15 is 0 Å². The second-order valence-corrected chi connectivity index (χ2v) is 6.82. The van der Waals surface area contributed by atoms with Crippen LogP contribution in [0.3, 0.4) is 0 Å². The Kier molecular flexibility index (Phi) is 5.62. The standard InChI is InChI=1S/C18H18FN5OS/c1-13-6-8-16(9-7-13)24-18(20-21-22-24)26-12-17(25)23(2)11-14-4-3-5-15(19)10-14/h3-10H,11-12H2,1-2H3. The molecule has 8 heteroatoms. The molecule has 0 fully saturated rings. The highest BCUT2D eigenvalue weighted by Crippen LogP contribution is 2.19. The number of nitrogens with zero attached hydrogens (tertiary/aromatic N) is 5. The number of tetrazole rings is 1. The van der Waals surface area contributed by atoms with Crippen molar-refractivity contribution >= 4 is 17.7 Å². The second-order valence-electron chi connectivity index (χ2n) is 5.88. The van der Waals surface area contributed by atoms with Gasteiger partial charge in [-0.25, -0.2) is 4.39 Å². The molecule has 0 radical (unpaired) electrons. The first-order chi connectivity index (χ1) is 12.5. The van der Waals surface area contributed by atoms with Gasteiger partial charge in [-0.05, 0) is 47.2 Å². The Hall–Kier alpha value is -2.74. The summed E-state index contributed by atoms with van der Waals surface area (Å²) < 4.78 is 14.9. The summed E-state index contributed by atoms with van der Waals surface area (Å²) in [5, 5.41) is 12.2. The summed E-state index contributed by atoms with van der Waals surface area (Å²) >= 11 is 1.26. The maximum atomic E-state index is 13.3. The molecule has 0 aliphatic rings. The van der Waals surface area contributed by atoms with Crippen molar-refractivity contribution in [2.45, 2.75) is 18.6 Å². The number of halogens is 1. The van der Waals surface area contributed by atoms with Crippen molar-refractivity contribution in [1.82, 2.24) is 25.1 Å². The van der Waals surface area contributed by atoms with Crippen LogP contribution in [0.5, 0.6) is 0 Å². The molecular weight excluding hydrogens is 353 g/mol. The van der Waals surface area contributed by atoms with Gasteiger partial charge in [0.2, 0.25) is 11.1 Å². The Morgan fingerprint density at radius 3 is 2.73 bits per heavy atom. The number of amides is 1. The Labute approximate surface area is 155 Å². The molecule has 1 amide bonds. The van der Waals surface area contributed by atoms with Crippen LogP contribution in [0.4, 0.5) is 4.39 Å². The van der Waals surface area contributed by atoms with Crippen molar-refractivity contribution in [3.63, 3.8) is 0 Å². The molecule has 0 saturated carbocycles. The lowest BCUT2D eigenvalue weighted by atomic mass is 10.2. The van der Waals surface area contributed by atoms with Gasteiger partial charge >= 0.3 is 0 Å². The molecule has 0 atom stereocenters. The van der Waals surface area contributed by atoms with Crippen LogP contribution >= 0.6 is 11.8 Å². The van der Waals surface area contributed by atoms with Crippen LogP contribution in [0.2, 0.25) is 0 Å². The number of aromatic nitrogens is 4. The number of hydrogen-bond donors (Lipinski definition) is 0. The van der Waals surface area contributed by atoms with Gasteiger partial charge in [0.1, 0.15) is 5.82 Å². The maximum absolute atomic E-state index is 13.3. The number of benzene rings is 2. The Balaban J connectivity index is 1.61. The smallest absolute Gasteiger partial charge is 0.233 e. The van der Waals surface area contributed by atoms with Crippen molar-refractivity contribution in [3.05, 3.63) is 65.5 Å². The van der Waals surface area contributed by atoms with Crippen LogP contribution in [0.1, 0.15) is 11.1 Å². The van der Waals surface area contributed by atoms with E-state index in [9.17, 15) is 9.18 Å². The van der Waals surface area contributed by atoms with Crippen LogP contribution in [-0.2, 0) is 11.3 Å². The van der Waals surface area contributed by atoms with Gasteiger partial charge in [0, 0.05) is 13.6 Å². The average Bonchev–Trinajstić information content (AvgIpc) is 3.09. The van der Waals surface area contributed by atoms with E-state index in [4.69, 9.17) is 0 Å². The van der Waals surface area contributed by atoms with Crippen LogP contribution in [0.15, 0.2) is 53.7 Å².